The van der Waals surface area contributed by atoms with Gasteiger partial charge in [-0.25, -0.2) is 13.1 Å². The molecule has 4 fully saturated rings. The van der Waals surface area contributed by atoms with E-state index in [1.54, 1.807) is 24.3 Å². The fourth-order valence-corrected chi connectivity index (χ4v) is 7.71. The molecule has 1 amide bonds. The quantitative estimate of drug-likeness (QED) is 0.421. The number of sulfonamides is 1. The van der Waals surface area contributed by atoms with Crippen LogP contribution in [0.5, 0.6) is 0 Å². The van der Waals surface area contributed by atoms with E-state index in [4.69, 9.17) is 4.74 Å². The average molecular weight is 519 g/mol. The Bertz CT molecular complexity index is 966. The zero-order valence-corrected chi connectivity index (χ0v) is 22.0. The number of amides is 1. The Kier molecular flexibility index (Phi) is 8.63. The minimum atomic E-state index is -3.64. The average Bonchev–Trinajstić information content (AvgIpc) is 3.34. The molecule has 2 aliphatic carbocycles. The molecule has 2 saturated carbocycles. The summed E-state index contributed by atoms with van der Waals surface area (Å²) >= 11 is 0. The highest BCUT2D eigenvalue weighted by atomic mass is 32.2. The van der Waals surface area contributed by atoms with Crippen molar-refractivity contribution in [1.29, 1.82) is 0 Å². The predicted molar refractivity (Wildman–Crippen MR) is 139 cm³/mol. The lowest BCUT2D eigenvalue weighted by Crippen LogP contribution is -2.47. The molecule has 0 aromatic heterocycles. The molecule has 0 radical (unpaired) electrons. The number of benzene rings is 1. The molecular weight excluding hydrogens is 476 g/mol. The first-order chi connectivity index (χ1) is 17.5. The first-order valence-electron chi connectivity index (χ1n) is 14.0. The van der Waals surface area contributed by atoms with Crippen molar-refractivity contribution in [2.75, 3.05) is 13.1 Å². The van der Waals surface area contributed by atoms with E-state index in [0.717, 1.165) is 70.0 Å². The molecule has 1 aromatic rings. The normalized spacial score (nSPS) is 31.6. The number of ether oxygens (including phenoxy) is 1. The highest BCUT2D eigenvalue weighted by molar-refractivity contribution is 7.89. The highest BCUT2D eigenvalue weighted by Gasteiger charge is 2.38. The number of nitrogens with one attached hydrogen (secondary N) is 4. The van der Waals surface area contributed by atoms with Gasteiger partial charge in [-0.1, -0.05) is 44.2 Å². The van der Waals surface area contributed by atoms with E-state index in [2.05, 4.69) is 20.7 Å². The van der Waals surface area contributed by atoms with E-state index < -0.39 is 10.0 Å². The maximum Gasteiger partial charge on any atom is 0.240 e. The molecule has 2 saturated heterocycles. The minimum absolute atomic E-state index is 0.0177. The van der Waals surface area contributed by atoms with Gasteiger partial charge in [0, 0.05) is 18.6 Å². The Morgan fingerprint density at radius 3 is 2.50 bits per heavy atom. The van der Waals surface area contributed by atoms with E-state index in [1.807, 2.05) is 0 Å². The number of piperidine rings is 1. The number of hydrogen-bond donors (Lipinski definition) is 4. The van der Waals surface area contributed by atoms with Gasteiger partial charge in [-0.15, -0.1) is 0 Å². The SMILES string of the molecule is O=C(NCc1ccc(S(=O)(=O)NC2CCCCC2OC2CCCCC2)cc1)C1CC2CNCCC2N1. The lowest BCUT2D eigenvalue weighted by Gasteiger charge is -2.35. The van der Waals surface area contributed by atoms with Crippen molar-refractivity contribution in [2.45, 2.75) is 112 Å². The Morgan fingerprint density at radius 2 is 1.72 bits per heavy atom. The molecule has 200 valence electrons. The smallest absolute Gasteiger partial charge is 0.240 e. The molecule has 5 unspecified atom stereocenters. The van der Waals surface area contributed by atoms with Crippen molar-refractivity contribution >= 4 is 15.9 Å². The van der Waals surface area contributed by atoms with Crippen molar-refractivity contribution in [2.24, 2.45) is 5.92 Å². The maximum atomic E-state index is 13.2. The van der Waals surface area contributed by atoms with Crippen LogP contribution in [0, 0.1) is 5.92 Å². The molecule has 0 bridgehead atoms. The van der Waals surface area contributed by atoms with Crippen LogP contribution in [-0.4, -0.2) is 57.7 Å². The monoisotopic (exact) mass is 518 g/mol. The lowest BCUT2D eigenvalue weighted by atomic mass is 9.92. The van der Waals surface area contributed by atoms with Crippen molar-refractivity contribution in [3.63, 3.8) is 0 Å². The molecular formula is C27H42N4O4S. The summed E-state index contributed by atoms with van der Waals surface area (Å²) in [5.41, 5.74) is 0.885. The van der Waals surface area contributed by atoms with Crippen molar-refractivity contribution in [3.8, 4) is 0 Å². The summed E-state index contributed by atoms with van der Waals surface area (Å²) in [6.45, 7) is 2.36. The van der Waals surface area contributed by atoms with Gasteiger partial charge in [-0.3, -0.25) is 4.79 Å². The summed E-state index contributed by atoms with van der Waals surface area (Å²) in [6.07, 6.45) is 11.8. The third-order valence-electron chi connectivity index (χ3n) is 8.51. The van der Waals surface area contributed by atoms with Crippen LogP contribution < -0.4 is 20.7 Å². The minimum Gasteiger partial charge on any atom is -0.373 e. The summed E-state index contributed by atoms with van der Waals surface area (Å²) < 4.78 is 35.7. The van der Waals surface area contributed by atoms with Crippen molar-refractivity contribution in [3.05, 3.63) is 29.8 Å². The molecule has 2 aliphatic heterocycles. The third-order valence-corrected chi connectivity index (χ3v) is 10.0. The number of rotatable bonds is 8. The van der Waals surface area contributed by atoms with Crippen molar-refractivity contribution in [1.82, 2.24) is 20.7 Å². The Labute approximate surface area is 215 Å². The van der Waals surface area contributed by atoms with E-state index in [9.17, 15) is 13.2 Å². The lowest BCUT2D eigenvalue weighted by molar-refractivity contribution is -0.123. The topological polar surface area (TPSA) is 109 Å². The fraction of sp³-hybridized carbons (Fsp3) is 0.741. The number of hydrogen-bond acceptors (Lipinski definition) is 6. The summed E-state index contributed by atoms with van der Waals surface area (Å²) in [5.74, 6) is 0.535. The van der Waals surface area contributed by atoms with Gasteiger partial charge in [0.05, 0.1) is 23.1 Å². The zero-order valence-electron chi connectivity index (χ0n) is 21.2. The molecule has 4 N–H and O–H groups in total. The molecule has 8 nitrogen and oxygen atoms in total. The maximum absolute atomic E-state index is 13.2. The first-order valence-corrected chi connectivity index (χ1v) is 15.5. The van der Waals surface area contributed by atoms with Gasteiger partial charge in [-0.05, 0) is 75.2 Å². The predicted octanol–water partition coefficient (Wildman–Crippen LogP) is 2.58. The van der Waals surface area contributed by atoms with Crippen LogP contribution in [0.1, 0.15) is 76.2 Å². The third kappa shape index (κ3) is 6.48. The van der Waals surface area contributed by atoms with Gasteiger partial charge in [0.1, 0.15) is 0 Å². The number of fused-ring (bicyclic) bond motifs is 1. The van der Waals surface area contributed by atoms with Crippen molar-refractivity contribution < 1.29 is 17.9 Å². The molecule has 5 atom stereocenters. The summed E-state index contributed by atoms with van der Waals surface area (Å²) in [7, 11) is -3.64. The number of carbonyl (C=O) groups excluding carboxylic acids is 1. The highest BCUT2D eigenvalue weighted by Crippen LogP contribution is 2.29. The van der Waals surface area contributed by atoms with Gasteiger partial charge < -0.3 is 20.7 Å². The van der Waals surface area contributed by atoms with Gasteiger partial charge in [0.2, 0.25) is 15.9 Å². The van der Waals surface area contributed by atoms with E-state index in [0.29, 0.717) is 18.5 Å². The fourth-order valence-electron chi connectivity index (χ4n) is 6.41. The first kappa shape index (κ1) is 26.1. The second-order valence-electron chi connectivity index (χ2n) is 11.1. The van der Waals surface area contributed by atoms with Gasteiger partial charge in [0.25, 0.3) is 0 Å². The molecule has 4 aliphatic rings. The van der Waals surface area contributed by atoms with Crippen LogP contribution in [0.25, 0.3) is 0 Å². The second-order valence-corrected chi connectivity index (χ2v) is 12.8. The number of carbonyl (C=O) groups is 1. The Balaban J connectivity index is 1.13. The van der Waals surface area contributed by atoms with Gasteiger partial charge in [0.15, 0.2) is 0 Å². The molecule has 9 heteroatoms. The van der Waals surface area contributed by atoms with Crippen LogP contribution in [0.15, 0.2) is 29.2 Å². The van der Waals surface area contributed by atoms with Crippen LogP contribution in [0.3, 0.4) is 0 Å². The summed E-state index contributed by atoms with van der Waals surface area (Å²) in [4.78, 5) is 12.9. The second kappa shape index (κ2) is 11.9. The van der Waals surface area contributed by atoms with Gasteiger partial charge >= 0.3 is 0 Å². The van der Waals surface area contributed by atoms with E-state index in [-0.39, 0.29) is 35.1 Å². The Hall–Kier alpha value is -1.52. The van der Waals surface area contributed by atoms with Crippen LogP contribution in [0.2, 0.25) is 0 Å². The summed E-state index contributed by atoms with van der Waals surface area (Å²) in [6, 6.07) is 6.95. The van der Waals surface area contributed by atoms with E-state index in [1.165, 1.54) is 19.3 Å². The van der Waals surface area contributed by atoms with Crippen LogP contribution in [0.4, 0.5) is 0 Å². The Morgan fingerprint density at radius 1 is 0.972 bits per heavy atom. The van der Waals surface area contributed by atoms with E-state index >= 15 is 0 Å². The van der Waals surface area contributed by atoms with Crippen LogP contribution >= 0.6 is 0 Å². The molecule has 0 spiro atoms. The molecule has 1 aromatic carbocycles. The molecule has 5 rings (SSSR count). The van der Waals surface area contributed by atoms with Gasteiger partial charge in [-0.2, -0.15) is 0 Å². The standard InChI is InChI=1S/C27H42N4O4S/c32-27(25-16-20-18-28-15-14-23(20)30-25)29-17-19-10-12-22(13-11-19)36(33,34)31-24-8-4-5-9-26(24)35-21-6-2-1-3-7-21/h10-13,20-21,23-26,28,30-31H,1-9,14-18H2,(H,29,32). The molecule has 2 heterocycles. The zero-order chi connectivity index (χ0) is 25.0. The molecule has 36 heavy (non-hydrogen) atoms. The largest absolute Gasteiger partial charge is 0.373 e. The van der Waals surface area contributed by atoms with Crippen LogP contribution in [-0.2, 0) is 26.1 Å². The summed E-state index contributed by atoms with van der Waals surface area (Å²) in [5, 5.41) is 9.90.